The Morgan fingerprint density at radius 1 is 1.12 bits per heavy atom. The van der Waals surface area contributed by atoms with E-state index in [1.807, 2.05) is 20.8 Å². The molecule has 0 radical (unpaired) electrons. The first-order chi connectivity index (χ1) is 7.18. The molecule has 1 rings (SSSR count). The van der Waals surface area contributed by atoms with Crippen LogP contribution in [-0.4, -0.2) is 16.6 Å². The molecular formula is C10H13F3N2O. The molecule has 90 valence electrons. The van der Waals surface area contributed by atoms with Crippen LogP contribution >= 0.6 is 0 Å². The Balaban J connectivity index is 2.66. The molecule has 0 bridgehead atoms. The standard InChI is InChI=1S/C10H13F3N2O/c1-9(2,3)6-16-8-14-4-7(5-15-8)10(11,12)13/h4-5H,6H2,1-3H3. The van der Waals surface area contributed by atoms with Crippen LogP contribution in [0.4, 0.5) is 13.2 Å². The molecular weight excluding hydrogens is 221 g/mol. The third-order valence-electron chi connectivity index (χ3n) is 1.59. The predicted molar refractivity (Wildman–Crippen MR) is 52.0 cm³/mol. The number of nitrogens with zero attached hydrogens (tertiary/aromatic N) is 2. The second-order valence-corrected chi connectivity index (χ2v) is 4.60. The van der Waals surface area contributed by atoms with Gasteiger partial charge in [0, 0.05) is 12.4 Å². The lowest BCUT2D eigenvalue weighted by atomic mass is 9.99. The van der Waals surface area contributed by atoms with Crippen molar-refractivity contribution >= 4 is 0 Å². The molecule has 0 amide bonds. The molecule has 1 aromatic heterocycles. The van der Waals surface area contributed by atoms with E-state index in [4.69, 9.17) is 4.74 Å². The fourth-order valence-electron chi connectivity index (χ4n) is 0.818. The molecule has 0 aliphatic rings. The average Bonchev–Trinajstić information content (AvgIpc) is 2.13. The summed E-state index contributed by atoms with van der Waals surface area (Å²) in [6, 6.07) is -0.0390. The zero-order valence-corrected chi connectivity index (χ0v) is 9.30. The van der Waals surface area contributed by atoms with Crippen molar-refractivity contribution in [3.8, 4) is 6.01 Å². The highest BCUT2D eigenvalue weighted by molar-refractivity contribution is 5.10. The highest BCUT2D eigenvalue weighted by atomic mass is 19.4. The van der Waals surface area contributed by atoms with Gasteiger partial charge in [0.15, 0.2) is 0 Å². The van der Waals surface area contributed by atoms with Gasteiger partial charge in [-0.15, -0.1) is 0 Å². The first-order valence-electron chi connectivity index (χ1n) is 4.70. The number of aromatic nitrogens is 2. The number of halogens is 3. The molecule has 0 atom stereocenters. The Morgan fingerprint density at radius 2 is 1.62 bits per heavy atom. The van der Waals surface area contributed by atoms with Crippen LogP contribution < -0.4 is 4.74 Å². The zero-order chi connectivity index (χ0) is 12.4. The average molecular weight is 234 g/mol. The van der Waals surface area contributed by atoms with Crippen LogP contribution in [0.5, 0.6) is 6.01 Å². The maximum Gasteiger partial charge on any atom is 0.419 e. The lowest BCUT2D eigenvalue weighted by molar-refractivity contribution is -0.138. The normalized spacial score (nSPS) is 12.6. The SMILES string of the molecule is CC(C)(C)COc1ncc(C(F)(F)F)cn1. The fraction of sp³-hybridized carbons (Fsp3) is 0.600. The highest BCUT2D eigenvalue weighted by Crippen LogP contribution is 2.28. The van der Waals surface area contributed by atoms with E-state index in [-0.39, 0.29) is 11.4 Å². The van der Waals surface area contributed by atoms with Crippen LogP contribution in [0, 0.1) is 5.41 Å². The maximum absolute atomic E-state index is 12.2. The minimum atomic E-state index is -4.41. The Bertz CT molecular complexity index is 341. The molecule has 0 fully saturated rings. The third kappa shape index (κ3) is 4.04. The first-order valence-corrected chi connectivity index (χ1v) is 4.70. The Kier molecular flexibility index (Phi) is 3.40. The van der Waals surface area contributed by atoms with Crippen LogP contribution in [0.25, 0.3) is 0 Å². The van der Waals surface area contributed by atoms with E-state index in [1.54, 1.807) is 0 Å². The van der Waals surface area contributed by atoms with E-state index < -0.39 is 11.7 Å². The summed E-state index contributed by atoms with van der Waals surface area (Å²) in [4.78, 5) is 6.99. The van der Waals surface area contributed by atoms with Crippen molar-refractivity contribution < 1.29 is 17.9 Å². The van der Waals surface area contributed by atoms with Crippen LogP contribution in [0.1, 0.15) is 26.3 Å². The predicted octanol–water partition coefficient (Wildman–Crippen LogP) is 2.92. The highest BCUT2D eigenvalue weighted by Gasteiger charge is 2.31. The smallest absolute Gasteiger partial charge is 0.419 e. The number of hydrogen-bond donors (Lipinski definition) is 0. The largest absolute Gasteiger partial charge is 0.463 e. The molecule has 1 heterocycles. The van der Waals surface area contributed by atoms with Crippen molar-refractivity contribution in [3.63, 3.8) is 0 Å². The quantitative estimate of drug-likeness (QED) is 0.789. The van der Waals surface area contributed by atoms with Gasteiger partial charge in [0.05, 0.1) is 12.2 Å². The summed E-state index contributed by atoms with van der Waals surface area (Å²) in [5.74, 6) is 0. The molecule has 16 heavy (non-hydrogen) atoms. The lowest BCUT2D eigenvalue weighted by Gasteiger charge is -2.17. The number of rotatable bonds is 2. The molecule has 0 aliphatic carbocycles. The van der Waals surface area contributed by atoms with Crippen molar-refractivity contribution in [1.82, 2.24) is 9.97 Å². The summed E-state index contributed by atoms with van der Waals surface area (Å²) in [7, 11) is 0. The van der Waals surface area contributed by atoms with Crippen molar-refractivity contribution in [2.24, 2.45) is 5.41 Å². The Hall–Kier alpha value is -1.33. The molecule has 0 aliphatic heterocycles. The van der Waals surface area contributed by atoms with Gasteiger partial charge in [-0.2, -0.15) is 13.2 Å². The fourth-order valence-corrected chi connectivity index (χ4v) is 0.818. The van der Waals surface area contributed by atoms with Gasteiger partial charge in [-0.1, -0.05) is 20.8 Å². The monoisotopic (exact) mass is 234 g/mol. The molecule has 1 aromatic rings. The Labute approximate surface area is 91.7 Å². The number of hydrogen-bond acceptors (Lipinski definition) is 3. The summed E-state index contributed by atoms with van der Waals surface area (Å²) >= 11 is 0. The minimum Gasteiger partial charge on any atom is -0.463 e. The van der Waals surface area contributed by atoms with Crippen LogP contribution in [0.15, 0.2) is 12.4 Å². The molecule has 0 saturated carbocycles. The first kappa shape index (κ1) is 12.7. The zero-order valence-electron chi connectivity index (χ0n) is 9.30. The van der Waals surface area contributed by atoms with E-state index in [1.165, 1.54) is 0 Å². The molecule has 0 unspecified atom stereocenters. The summed E-state index contributed by atoms with van der Waals surface area (Å²) < 4.78 is 41.7. The van der Waals surface area contributed by atoms with Crippen molar-refractivity contribution in [3.05, 3.63) is 18.0 Å². The molecule has 0 N–H and O–H groups in total. The van der Waals surface area contributed by atoms with Crippen LogP contribution in [0.3, 0.4) is 0 Å². The molecule has 3 nitrogen and oxygen atoms in total. The van der Waals surface area contributed by atoms with E-state index in [2.05, 4.69) is 9.97 Å². The van der Waals surface area contributed by atoms with Gasteiger partial charge in [0.2, 0.25) is 0 Å². The maximum atomic E-state index is 12.2. The lowest BCUT2D eigenvalue weighted by Crippen LogP contribution is -2.18. The van der Waals surface area contributed by atoms with E-state index in [9.17, 15) is 13.2 Å². The van der Waals surface area contributed by atoms with Crippen LogP contribution in [0.2, 0.25) is 0 Å². The summed E-state index contributed by atoms with van der Waals surface area (Å²) in [6.45, 7) is 6.17. The second-order valence-electron chi connectivity index (χ2n) is 4.60. The summed E-state index contributed by atoms with van der Waals surface area (Å²) in [5.41, 5.74) is -0.970. The van der Waals surface area contributed by atoms with E-state index >= 15 is 0 Å². The van der Waals surface area contributed by atoms with Crippen molar-refractivity contribution in [2.45, 2.75) is 26.9 Å². The van der Waals surface area contributed by atoms with Gasteiger partial charge in [-0.3, -0.25) is 0 Å². The molecule has 6 heteroatoms. The third-order valence-corrected chi connectivity index (χ3v) is 1.59. The van der Waals surface area contributed by atoms with Gasteiger partial charge in [-0.05, 0) is 5.41 Å². The van der Waals surface area contributed by atoms with E-state index in [0.29, 0.717) is 19.0 Å². The minimum absolute atomic E-state index is 0.0390. The van der Waals surface area contributed by atoms with Crippen LogP contribution in [-0.2, 0) is 6.18 Å². The second kappa shape index (κ2) is 4.27. The number of ether oxygens (including phenoxy) is 1. The number of alkyl halides is 3. The van der Waals surface area contributed by atoms with Gasteiger partial charge >= 0.3 is 12.2 Å². The molecule has 0 spiro atoms. The summed E-state index contributed by atoms with van der Waals surface area (Å²) in [6.07, 6.45) is -2.99. The topological polar surface area (TPSA) is 35.0 Å². The van der Waals surface area contributed by atoms with Gasteiger partial charge in [-0.25, -0.2) is 9.97 Å². The van der Waals surface area contributed by atoms with E-state index in [0.717, 1.165) is 0 Å². The molecule has 0 aromatic carbocycles. The van der Waals surface area contributed by atoms with Gasteiger partial charge in [0.1, 0.15) is 0 Å². The van der Waals surface area contributed by atoms with Crippen molar-refractivity contribution in [1.29, 1.82) is 0 Å². The Morgan fingerprint density at radius 3 is 2.00 bits per heavy atom. The van der Waals surface area contributed by atoms with Gasteiger partial charge in [0.25, 0.3) is 0 Å². The van der Waals surface area contributed by atoms with Gasteiger partial charge < -0.3 is 4.74 Å². The molecule has 0 saturated heterocycles. The van der Waals surface area contributed by atoms with Crippen molar-refractivity contribution in [2.75, 3.05) is 6.61 Å². The summed E-state index contributed by atoms with van der Waals surface area (Å²) in [5, 5.41) is 0.